The van der Waals surface area contributed by atoms with E-state index in [1.807, 2.05) is 32.0 Å². The number of rotatable bonds is 8. The van der Waals surface area contributed by atoms with Gasteiger partial charge in [-0.15, -0.1) is 0 Å². The summed E-state index contributed by atoms with van der Waals surface area (Å²) >= 11 is 0. The Morgan fingerprint density at radius 2 is 1.90 bits per heavy atom. The fourth-order valence-corrected chi connectivity index (χ4v) is 2.16. The number of aliphatic carboxylic acids is 1. The summed E-state index contributed by atoms with van der Waals surface area (Å²) in [7, 11) is 3.17. The average molecular weight is 281 g/mol. The zero-order valence-corrected chi connectivity index (χ0v) is 12.5. The molecule has 20 heavy (non-hydrogen) atoms. The summed E-state index contributed by atoms with van der Waals surface area (Å²) in [5.41, 5.74) is 1.02. The van der Waals surface area contributed by atoms with Gasteiger partial charge < -0.3 is 19.9 Å². The largest absolute Gasteiger partial charge is 0.493 e. The summed E-state index contributed by atoms with van der Waals surface area (Å²) in [6.45, 7) is 4.01. The van der Waals surface area contributed by atoms with Gasteiger partial charge in [-0.1, -0.05) is 19.9 Å². The van der Waals surface area contributed by atoms with Gasteiger partial charge in [-0.3, -0.25) is 4.79 Å². The molecule has 0 spiro atoms. The van der Waals surface area contributed by atoms with Crippen molar-refractivity contribution in [3.63, 3.8) is 0 Å². The highest BCUT2D eigenvalue weighted by molar-refractivity contribution is 5.67. The Balaban J connectivity index is 2.84. The van der Waals surface area contributed by atoms with Gasteiger partial charge in [-0.2, -0.15) is 0 Å². The maximum atomic E-state index is 10.9. The van der Waals surface area contributed by atoms with Crippen molar-refractivity contribution in [1.82, 2.24) is 5.32 Å². The van der Waals surface area contributed by atoms with Crippen LogP contribution in [0.4, 0.5) is 0 Å². The SMILES string of the molecule is COc1ccc(CC(CC(=O)O)NC(C)C)cc1OC. The van der Waals surface area contributed by atoms with Crippen LogP contribution in [0.1, 0.15) is 25.8 Å². The van der Waals surface area contributed by atoms with Crippen LogP contribution in [-0.4, -0.2) is 37.4 Å². The van der Waals surface area contributed by atoms with E-state index in [9.17, 15) is 4.79 Å². The first-order valence-electron chi connectivity index (χ1n) is 6.65. The van der Waals surface area contributed by atoms with Crippen molar-refractivity contribution in [2.24, 2.45) is 0 Å². The van der Waals surface area contributed by atoms with E-state index < -0.39 is 5.97 Å². The van der Waals surface area contributed by atoms with Crippen LogP contribution in [0.15, 0.2) is 18.2 Å². The molecule has 5 heteroatoms. The highest BCUT2D eigenvalue weighted by atomic mass is 16.5. The second kappa shape index (κ2) is 7.75. The lowest BCUT2D eigenvalue weighted by atomic mass is 10.0. The maximum absolute atomic E-state index is 10.9. The maximum Gasteiger partial charge on any atom is 0.304 e. The molecule has 1 rings (SSSR count). The molecule has 0 aliphatic heterocycles. The van der Waals surface area contributed by atoms with Gasteiger partial charge in [0.2, 0.25) is 0 Å². The van der Waals surface area contributed by atoms with Gasteiger partial charge in [-0.25, -0.2) is 0 Å². The van der Waals surface area contributed by atoms with Crippen molar-refractivity contribution in [1.29, 1.82) is 0 Å². The number of methoxy groups -OCH3 is 2. The molecule has 0 radical (unpaired) electrons. The minimum absolute atomic E-state index is 0.0898. The molecule has 0 aliphatic rings. The number of carboxylic acids is 1. The summed E-state index contributed by atoms with van der Waals surface area (Å²) in [5, 5.41) is 12.2. The average Bonchev–Trinajstić information content (AvgIpc) is 2.36. The van der Waals surface area contributed by atoms with E-state index in [1.165, 1.54) is 0 Å². The van der Waals surface area contributed by atoms with Crippen LogP contribution in [-0.2, 0) is 11.2 Å². The Hall–Kier alpha value is -1.75. The third-order valence-electron chi connectivity index (χ3n) is 2.92. The Morgan fingerprint density at radius 3 is 2.40 bits per heavy atom. The predicted molar refractivity (Wildman–Crippen MR) is 77.6 cm³/mol. The molecule has 0 saturated heterocycles. The topological polar surface area (TPSA) is 67.8 Å². The first-order chi connectivity index (χ1) is 9.46. The fraction of sp³-hybridized carbons (Fsp3) is 0.533. The lowest BCUT2D eigenvalue weighted by molar-refractivity contribution is -0.137. The molecular formula is C15H23NO4. The van der Waals surface area contributed by atoms with E-state index in [-0.39, 0.29) is 18.5 Å². The van der Waals surface area contributed by atoms with E-state index in [4.69, 9.17) is 14.6 Å². The standard InChI is InChI=1S/C15H23NO4/c1-10(2)16-12(9-15(17)18)7-11-5-6-13(19-3)14(8-11)20-4/h5-6,8,10,12,16H,7,9H2,1-4H3,(H,17,18). The van der Waals surface area contributed by atoms with Crippen molar-refractivity contribution in [3.05, 3.63) is 23.8 Å². The fourth-order valence-electron chi connectivity index (χ4n) is 2.16. The molecule has 2 N–H and O–H groups in total. The van der Waals surface area contributed by atoms with Crippen LogP contribution >= 0.6 is 0 Å². The first-order valence-corrected chi connectivity index (χ1v) is 6.65. The van der Waals surface area contributed by atoms with E-state index in [0.717, 1.165) is 5.56 Å². The molecule has 0 bridgehead atoms. The van der Waals surface area contributed by atoms with Gasteiger partial charge in [0.1, 0.15) is 0 Å². The highest BCUT2D eigenvalue weighted by Crippen LogP contribution is 2.28. The van der Waals surface area contributed by atoms with Gasteiger partial charge in [0.05, 0.1) is 20.6 Å². The van der Waals surface area contributed by atoms with Crippen molar-refractivity contribution in [2.75, 3.05) is 14.2 Å². The van der Waals surface area contributed by atoms with Crippen molar-refractivity contribution in [2.45, 2.75) is 38.8 Å². The molecule has 0 aromatic heterocycles. The van der Waals surface area contributed by atoms with E-state index in [1.54, 1.807) is 14.2 Å². The second-order valence-electron chi connectivity index (χ2n) is 5.01. The highest BCUT2D eigenvalue weighted by Gasteiger charge is 2.16. The minimum Gasteiger partial charge on any atom is -0.493 e. The van der Waals surface area contributed by atoms with Crippen LogP contribution in [0.5, 0.6) is 11.5 Å². The van der Waals surface area contributed by atoms with Gasteiger partial charge in [0.15, 0.2) is 11.5 Å². The molecule has 1 atom stereocenters. The smallest absolute Gasteiger partial charge is 0.304 e. The van der Waals surface area contributed by atoms with Crippen LogP contribution in [0.25, 0.3) is 0 Å². The Morgan fingerprint density at radius 1 is 1.25 bits per heavy atom. The summed E-state index contributed by atoms with van der Waals surface area (Å²) in [6, 6.07) is 5.78. The number of ether oxygens (including phenoxy) is 2. The molecule has 0 fully saturated rings. The second-order valence-corrected chi connectivity index (χ2v) is 5.01. The number of nitrogens with one attached hydrogen (secondary N) is 1. The third-order valence-corrected chi connectivity index (χ3v) is 2.92. The summed E-state index contributed by atoms with van der Waals surface area (Å²) < 4.78 is 10.4. The summed E-state index contributed by atoms with van der Waals surface area (Å²) in [6.07, 6.45) is 0.720. The molecule has 1 unspecified atom stereocenters. The number of hydrogen-bond donors (Lipinski definition) is 2. The van der Waals surface area contributed by atoms with Crippen molar-refractivity contribution in [3.8, 4) is 11.5 Å². The number of carbonyl (C=O) groups is 1. The minimum atomic E-state index is -0.802. The molecule has 112 valence electrons. The van der Waals surface area contributed by atoms with E-state index in [0.29, 0.717) is 17.9 Å². The normalized spacial score (nSPS) is 12.2. The lowest BCUT2D eigenvalue weighted by Crippen LogP contribution is -2.38. The zero-order valence-electron chi connectivity index (χ0n) is 12.5. The van der Waals surface area contributed by atoms with E-state index in [2.05, 4.69) is 5.32 Å². The van der Waals surface area contributed by atoms with Gasteiger partial charge in [-0.05, 0) is 24.1 Å². The Labute approximate surface area is 119 Å². The summed E-state index contributed by atoms with van der Waals surface area (Å²) in [5.74, 6) is 0.523. The number of carboxylic acid groups (broad SMARTS) is 1. The molecule has 1 aromatic rings. The first kappa shape index (κ1) is 16.3. The Kier molecular flexibility index (Phi) is 6.31. The lowest BCUT2D eigenvalue weighted by Gasteiger charge is -2.20. The van der Waals surface area contributed by atoms with Crippen molar-refractivity contribution < 1.29 is 19.4 Å². The Bertz CT molecular complexity index is 445. The van der Waals surface area contributed by atoms with Crippen LogP contribution < -0.4 is 14.8 Å². The monoisotopic (exact) mass is 281 g/mol. The quantitative estimate of drug-likeness (QED) is 0.763. The van der Waals surface area contributed by atoms with Crippen molar-refractivity contribution >= 4 is 5.97 Å². The number of hydrogen-bond acceptors (Lipinski definition) is 4. The van der Waals surface area contributed by atoms with Gasteiger partial charge in [0, 0.05) is 12.1 Å². The predicted octanol–water partition coefficient (Wildman–Crippen LogP) is 2.09. The van der Waals surface area contributed by atoms with Crippen LogP contribution in [0, 0.1) is 0 Å². The zero-order chi connectivity index (χ0) is 15.1. The van der Waals surface area contributed by atoms with Crippen LogP contribution in [0.3, 0.4) is 0 Å². The van der Waals surface area contributed by atoms with E-state index >= 15 is 0 Å². The molecule has 0 saturated carbocycles. The molecule has 0 heterocycles. The third kappa shape index (κ3) is 5.09. The molecule has 0 aliphatic carbocycles. The molecular weight excluding hydrogens is 258 g/mol. The molecule has 1 aromatic carbocycles. The molecule has 0 amide bonds. The molecule has 5 nitrogen and oxygen atoms in total. The van der Waals surface area contributed by atoms with Gasteiger partial charge >= 0.3 is 5.97 Å². The van der Waals surface area contributed by atoms with Gasteiger partial charge in [0.25, 0.3) is 0 Å². The summed E-state index contributed by atoms with van der Waals surface area (Å²) in [4.78, 5) is 10.9. The van der Waals surface area contributed by atoms with Crippen LogP contribution in [0.2, 0.25) is 0 Å². The number of benzene rings is 1.